The average molecular weight is 310 g/mol. The van der Waals surface area contributed by atoms with Gasteiger partial charge < -0.3 is 15.8 Å². The number of carbonyl (C=O) groups is 2. The standard InChI is InChI=1S/C14H15FN2O3S/c1-8-10-7-9(15)3-4-11(10)21-12(8)13(18)20-6-2-5-17-14(16)19/h3-4,7H,2,5-6H2,1H3,(H3,16,17,19). The Morgan fingerprint density at radius 3 is 2.90 bits per heavy atom. The molecule has 0 spiro atoms. The molecule has 0 saturated heterocycles. The number of rotatable bonds is 5. The Labute approximate surface area is 124 Å². The largest absolute Gasteiger partial charge is 0.461 e. The number of esters is 1. The van der Waals surface area contributed by atoms with Gasteiger partial charge in [-0.05, 0) is 42.5 Å². The van der Waals surface area contributed by atoms with Crippen molar-refractivity contribution in [1.82, 2.24) is 5.32 Å². The lowest BCUT2D eigenvalue weighted by atomic mass is 10.1. The van der Waals surface area contributed by atoms with Crippen LogP contribution in [0, 0.1) is 12.7 Å². The second-order valence-electron chi connectivity index (χ2n) is 4.48. The maximum Gasteiger partial charge on any atom is 0.348 e. The van der Waals surface area contributed by atoms with E-state index in [0.29, 0.717) is 17.8 Å². The zero-order chi connectivity index (χ0) is 15.4. The second-order valence-corrected chi connectivity index (χ2v) is 5.53. The first-order chi connectivity index (χ1) is 9.99. The normalized spacial score (nSPS) is 10.6. The van der Waals surface area contributed by atoms with E-state index in [1.54, 1.807) is 13.0 Å². The molecular weight excluding hydrogens is 295 g/mol. The SMILES string of the molecule is Cc1c(C(=O)OCCCNC(N)=O)sc2ccc(F)cc12. The lowest BCUT2D eigenvalue weighted by molar-refractivity contribution is 0.0507. The first-order valence-corrected chi connectivity index (χ1v) is 7.20. The summed E-state index contributed by atoms with van der Waals surface area (Å²) in [5.74, 6) is -0.769. The first kappa shape index (κ1) is 15.2. The van der Waals surface area contributed by atoms with Crippen LogP contribution in [0.15, 0.2) is 18.2 Å². The number of primary amides is 1. The van der Waals surface area contributed by atoms with Gasteiger partial charge in [0.25, 0.3) is 0 Å². The van der Waals surface area contributed by atoms with Gasteiger partial charge in [-0.15, -0.1) is 11.3 Å². The summed E-state index contributed by atoms with van der Waals surface area (Å²) in [7, 11) is 0. The maximum absolute atomic E-state index is 13.2. The molecule has 2 rings (SSSR count). The molecule has 2 amide bonds. The molecule has 0 bridgehead atoms. The summed E-state index contributed by atoms with van der Waals surface area (Å²) in [4.78, 5) is 22.9. The molecule has 1 aromatic carbocycles. The highest BCUT2D eigenvalue weighted by molar-refractivity contribution is 7.21. The molecule has 0 aliphatic carbocycles. The molecule has 0 radical (unpaired) electrons. The topological polar surface area (TPSA) is 81.4 Å². The zero-order valence-electron chi connectivity index (χ0n) is 11.4. The number of ether oxygens (including phenoxy) is 1. The number of nitrogens with one attached hydrogen (secondary N) is 1. The third-order valence-corrected chi connectivity index (χ3v) is 4.19. The molecule has 5 nitrogen and oxygen atoms in total. The van der Waals surface area contributed by atoms with Crippen molar-refractivity contribution in [3.8, 4) is 0 Å². The van der Waals surface area contributed by atoms with Crippen LogP contribution in [0.25, 0.3) is 10.1 Å². The molecule has 0 fully saturated rings. The van der Waals surface area contributed by atoms with E-state index in [0.717, 1.165) is 15.6 Å². The van der Waals surface area contributed by atoms with Crippen molar-refractivity contribution in [2.75, 3.05) is 13.2 Å². The molecule has 1 aromatic heterocycles. The number of fused-ring (bicyclic) bond motifs is 1. The summed E-state index contributed by atoms with van der Waals surface area (Å²) >= 11 is 1.28. The molecule has 1 heterocycles. The minimum atomic E-state index is -0.608. The molecule has 21 heavy (non-hydrogen) atoms. The number of hydrogen-bond acceptors (Lipinski definition) is 4. The summed E-state index contributed by atoms with van der Waals surface area (Å²) in [6.45, 7) is 2.30. The van der Waals surface area contributed by atoms with Gasteiger partial charge >= 0.3 is 12.0 Å². The van der Waals surface area contributed by atoms with Crippen LogP contribution < -0.4 is 11.1 Å². The van der Waals surface area contributed by atoms with Gasteiger partial charge in [-0.1, -0.05) is 0 Å². The van der Waals surface area contributed by atoms with E-state index in [9.17, 15) is 14.0 Å². The van der Waals surface area contributed by atoms with Gasteiger partial charge in [-0.25, -0.2) is 14.0 Å². The predicted octanol–water partition coefficient (Wildman–Crippen LogP) is 2.56. The second kappa shape index (κ2) is 6.53. The monoisotopic (exact) mass is 310 g/mol. The Morgan fingerprint density at radius 1 is 1.43 bits per heavy atom. The summed E-state index contributed by atoms with van der Waals surface area (Å²) < 4.78 is 19.2. The van der Waals surface area contributed by atoms with Crippen LogP contribution in [-0.4, -0.2) is 25.2 Å². The number of benzene rings is 1. The van der Waals surface area contributed by atoms with Crippen molar-refractivity contribution in [2.45, 2.75) is 13.3 Å². The number of nitrogens with two attached hydrogens (primary N) is 1. The van der Waals surface area contributed by atoms with Crippen molar-refractivity contribution in [1.29, 1.82) is 0 Å². The Kier molecular flexibility index (Phi) is 4.74. The van der Waals surface area contributed by atoms with Gasteiger partial charge in [0.1, 0.15) is 10.7 Å². The lowest BCUT2D eigenvalue weighted by Crippen LogP contribution is -2.30. The highest BCUT2D eigenvalue weighted by atomic mass is 32.1. The smallest absolute Gasteiger partial charge is 0.348 e. The molecule has 2 aromatic rings. The average Bonchev–Trinajstić information content (AvgIpc) is 2.75. The maximum atomic E-state index is 13.2. The van der Waals surface area contributed by atoms with Gasteiger partial charge in [0.05, 0.1) is 6.61 Å². The Morgan fingerprint density at radius 2 is 2.19 bits per heavy atom. The fraction of sp³-hybridized carbons (Fsp3) is 0.286. The Balaban J connectivity index is 1.99. The van der Waals surface area contributed by atoms with Crippen LogP contribution in [0.3, 0.4) is 0 Å². The van der Waals surface area contributed by atoms with Crippen molar-refractivity contribution in [2.24, 2.45) is 5.73 Å². The Hall–Kier alpha value is -2.15. The van der Waals surface area contributed by atoms with Crippen LogP contribution in [-0.2, 0) is 4.74 Å². The molecule has 3 N–H and O–H groups in total. The molecule has 0 unspecified atom stereocenters. The molecule has 112 valence electrons. The van der Waals surface area contributed by atoms with Crippen LogP contribution in [0.2, 0.25) is 0 Å². The predicted molar refractivity (Wildman–Crippen MR) is 79.0 cm³/mol. The van der Waals surface area contributed by atoms with E-state index in [1.165, 1.54) is 23.5 Å². The minimum Gasteiger partial charge on any atom is -0.461 e. The fourth-order valence-electron chi connectivity index (χ4n) is 1.90. The molecule has 0 atom stereocenters. The van der Waals surface area contributed by atoms with Crippen molar-refractivity contribution < 1.29 is 18.7 Å². The van der Waals surface area contributed by atoms with Gasteiger partial charge in [0.2, 0.25) is 0 Å². The summed E-state index contributed by atoms with van der Waals surface area (Å²) in [5.41, 5.74) is 5.63. The Bertz CT molecular complexity index is 684. The number of aryl methyl sites for hydroxylation is 1. The quantitative estimate of drug-likeness (QED) is 0.658. The molecular formula is C14H15FN2O3S. The zero-order valence-corrected chi connectivity index (χ0v) is 12.3. The number of carbonyl (C=O) groups excluding carboxylic acids is 2. The number of amides is 2. The highest BCUT2D eigenvalue weighted by Gasteiger charge is 2.17. The van der Waals surface area contributed by atoms with Gasteiger partial charge in [-0.2, -0.15) is 0 Å². The third-order valence-electron chi connectivity index (χ3n) is 2.94. The van der Waals surface area contributed by atoms with E-state index in [-0.39, 0.29) is 12.4 Å². The van der Waals surface area contributed by atoms with E-state index in [1.807, 2.05) is 0 Å². The molecule has 0 saturated carbocycles. The highest BCUT2D eigenvalue weighted by Crippen LogP contribution is 2.31. The molecule has 0 aliphatic heterocycles. The van der Waals surface area contributed by atoms with Crippen molar-refractivity contribution >= 4 is 33.4 Å². The summed E-state index contributed by atoms with van der Waals surface area (Å²) in [6.07, 6.45) is 0.479. The van der Waals surface area contributed by atoms with Gasteiger partial charge in [0, 0.05) is 11.2 Å². The minimum absolute atomic E-state index is 0.182. The van der Waals surface area contributed by atoms with Crippen LogP contribution in [0.5, 0.6) is 0 Å². The molecule has 7 heteroatoms. The number of halogens is 1. The van der Waals surface area contributed by atoms with Crippen molar-refractivity contribution in [3.05, 3.63) is 34.5 Å². The number of hydrogen-bond donors (Lipinski definition) is 2. The number of urea groups is 1. The van der Waals surface area contributed by atoms with E-state index < -0.39 is 12.0 Å². The van der Waals surface area contributed by atoms with Crippen LogP contribution in [0.1, 0.15) is 21.7 Å². The van der Waals surface area contributed by atoms with E-state index >= 15 is 0 Å². The fourth-order valence-corrected chi connectivity index (χ4v) is 2.99. The van der Waals surface area contributed by atoms with Crippen LogP contribution >= 0.6 is 11.3 Å². The first-order valence-electron chi connectivity index (χ1n) is 6.38. The summed E-state index contributed by atoms with van der Waals surface area (Å²) in [6, 6.07) is 3.82. The van der Waals surface area contributed by atoms with Crippen molar-refractivity contribution in [3.63, 3.8) is 0 Å². The summed E-state index contributed by atoms with van der Waals surface area (Å²) in [5, 5.41) is 3.13. The number of thiophene rings is 1. The third kappa shape index (κ3) is 3.69. The van der Waals surface area contributed by atoms with E-state index in [2.05, 4.69) is 5.32 Å². The lowest BCUT2D eigenvalue weighted by Gasteiger charge is -2.04. The molecule has 0 aliphatic rings. The van der Waals surface area contributed by atoms with Gasteiger partial charge in [-0.3, -0.25) is 0 Å². The van der Waals surface area contributed by atoms with Crippen LogP contribution in [0.4, 0.5) is 9.18 Å². The van der Waals surface area contributed by atoms with Gasteiger partial charge in [0.15, 0.2) is 0 Å². The van der Waals surface area contributed by atoms with E-state index in [4.69, 9.17) is 10.5 Å².